The van der Waals surface area contributed by atoms with E-state index < -0.39 is 0 Å². The van der Waals surface area contributed by atoms with Gasteiger partial charge in [0.1, 0.15) is 0 Å². The van der Waals surface area contributed by atoms with Gasteiger partial charge >= 0.3 is 17.4 Å². The first kappa shape index (κ1) is 15.7. The number of hydrogen-bond acceptors (Lipinski definition) is 2. The van der Waals surface area contributed by atoms with Gasteiger partial charge in [-0.3, -0.25) is 0 Å². The van der Waals surface area contributed by atoms with Crippen LogP contribution >= 0.6 is 0 Å². The molecule has 0 bridgehead atoms. The van der Waals surface area contributed by atoms with Crippen LogP contribution in [0.5, 0.6) is 0 Å². The SMILES string of the molecule is NCCO.[Al+3].[I-]. The molecule has 2 nitrogen and oxygen atoms in total. The van der Waals surface area contributed by atoms with E-state index in [9.17, 15) is 0 Å². The van der Waals surface area contributed by atoms with Crippen molar-refractivity contribution in [2.75, 3.05) is 13.2 Å². The van der Waals surface area contributed by atoms with Crippen molar-refractivity contribution in [2.45, 2.75) is 0 Å². The van der Waals surface area contributed by atoms with Gasteiger partial charge in [-0.1, -0.05) is 0 Å². The van der Waals surface area contributed by atoms with Crippen molar-refractivity contribution in [3.05, 3.63) is 0 Å². The van der Waals surface area contributed by atoms with Crippen LogP contribution in [0.25, 0.3) is 0 Å². The van der Waals surface area contributed by atoms with Crippen molar-refractivity contribution in [1.29, 1.82) is 0 Å². The molecular formula is C2H7AlINO+2. The maximum Gasteiger partial charge on any atom is 3.00 e. The fraction of sp³-hybridized carbons (Fsp3) is 1.00. The van der Waals surface area contributed by atoms with E-state index in [1.54, 1.807) is 0 Å². The Bertz CT molecular complexity index is 15.5. The van der Waals surface area contributed by atoms with E-state index in [2.05, 4.69) is 0 Å². The predicted octanol–water partition coefficient (Wildman–Crippen LogP) is -4.44. The van der Waals surface area contributed by atoms with Crippen molar-refractivity contribution in [2.24, 2.45) is 5.73 Å². The van der Waals surface area contributed by atoms with Crippen LogP contribution in [0, 0.1) is 0 Å². The molecule has 0 rings (SSSR count). The van der Waals surface area contributed by atoms with Crippen molar-refractivity contribution in [1.82, 2.24) is 0 Å². The Morgan fingerprint density at radius 3 is 1.67 bits per heavy atom. The van der Waals surface area contributed by atoms with Crippen molar-refractivity contribution < 1.29 is 29.1 Å². The Hall–Kier alpha value is 1.18. The normalized spacial score (nSPS) is 5.00. The molecule has 0 aromatic rings. The molecule has 0 radical (unpaired) electrons. The molecule has 0 atom stereocenters. The van der Waals surface area contributed by atoms with Crippen LogP contribution in [0.3, 0.4) is 0 Å². The second-order valence-corrected chi connectivity index (χ2v) is 0.512. The Morgan fingerprint density at radius 1 is 1.50 bits per heavy atom. The average Bonchev–Trinajstić information content (AvgIpc) is 1.37. The van der Waals surface area contributed by atoms with Crippen molar-refractivity contribution in [3.63, 3.8) is 0 Å². The molecule has 0 saturated heterocycles. The van der Waals surface area contributed by atoms with Gasteiger partial charge in [0.05, 0.1) is 6.61 Å². The summed E-state index contributed by atoms with van der Waals surface area (Å²) in [6.07, 6.45) is 0. The van der Waals surface area contributed by atoms with Gasteiger partial charge < -0.3 is 34.8 Å². The minimum absolute atomic E-state index is 0. The van der Waals surface area contributed by atoms with E-state index in [-0.39, 0.29) is 47.9 Å². The third-order valence-electron chi connectivity index (χ3n) is 0.129. The van der Waals surface area contributed by atoms with Gasteiger partial charge in [-0.25, -0.2) is 0 Å². The number of rotatable bonds is 1. The van der Waals surface area contributed by atoms with E-state index in [4.69, 9.17) is 10.8 Å². The first-order valence-electron chi connectivity index (χ1n) is 1.22. The summed E-state index contributed by atoms with van der Waals surface area (Å²) in [5.74, 6) is 0. The number of halogens is 1. The summed E-state index contributed by atoms with van der Waals surface area (Å²) in [6.45, 7) is 0.472. The molecule has 0 unspecified atom stereocenters. The topological polar surface area (TPSA) is 46.2 Å². The Labute approximate surface area is 65.3 Å². The van der Waals surface area contributed by atoms with E-state index in [1.807, 2.05) is 0 Å². The van der Waals surface area contributed by atoms with Crippen LogP contribution < -0.4 is 29.7 Å². The molecule has 0 aliphatic rings. The summed E-state index contributed by atoms with van der Waals surface area (Å²) in [6, 6.07) is 0. The van der Waals surface area contributed by atoms with E-state index in [1.165, 1.54) is 0 Å². The summed E-state index contributed by atoms with van der Waals surface area (Å²) in [5.41, 5.74) is 4.78. The molecule has 0 aromatic carbocycles. The molecule has 0 saturated carbocycles. The number of nitrogens with two attached hydrogens (primary N) is 1. The second kappa shape index (κ2) is 16.4. The first-order valence-corrected chi connectivity index (χ1v) is 1.22. The monoisotopic (exact) mass is 215 g/mol. The van der Waals surface area contributed by atoms with Crippen LogP contribution in [0.2, 0.25) is 0 Å². The van der Waals surface area contributed by atoms with E-state index >= 15 is 0 Å². The number of aliphatic hydroxyl groups is 1. The van der Waals surface area contributed by atoms with Crippen LogP contribution in [0.4, 0.5) is 0 Å². The van der Waals surface area contributed by atoms with Crippen LogP contribution in [0.15, 0.2) is 0 Å². The molecule has 34 valence electrons. The third-order valence-corrected chi connectivity index (χ3v) is 0.129. The molecule has 0 fully saturated rings. The first-order chi connectivity index (χ1) is 1.91. The summed E-state index contributed by atoms with van der Waals surface area (Å²) in [5, 5.41) is 7.75. The molecule has 0 aliphatic heterocycles. The predicted molar refractivity (Wildman–Crippen MR) is 21.9 cm³/mol. The number of hydrogen-bond donors (Lipinski definition) is 2. The molecule has 0 aliphatic carbocycles. The van der Waals surface area contributed by atoms with E-state index in [0.717, 1.165) is 0 Å². The van der Waals surface area contributed by atoms with Crippen LogP contribution in [-0.2, 0) is 0 Å². The Balaban J connectivity index is -0.0000000450. The molecule has 0 spiro atoms. The summed E-state index contributed by atoms with van der Waals surface area (Å²) < 4.78 is 0. The second-order valence-electron chi connectivity index (χ2n) is 0.512. The minimum atomic E-state index is 0. The molecular weight excluding hydrogens is 208 g/mol. The van der Waals surface area contributed by atoms with Gasteiger partial charge in [-0.2, -0.15) is 0 Å². The zero-order valence-corrected chi connectivity index (χ0v) is 6.71. The van der Waals surface area contributed by atoms with Gasteiger partial charge in [0.25, 0.3) is 0 Å². The quantitative estimate of drug-likeness (QED) is 0.342. The van der Waals surface area contributed by atoms with Crippen LogP contribution in [0.1, 0.15) is 0 Å². The largest absolute Gasteiger partial charge is 3.00 e. The third kappa shape index (κ3) is 19.0. The summed E-state index contributed by atoms with van der Waals surface area (Å²) in [7, 11) is 0. The van der Waals surface area contributed by atoms with Gasteiger partial charge in [-0.15, -0.1) is 0 Å². The zero-order valence-electron chi connectivity index (χ0n) is 3.39. The zero-order chi connectivity index (χ0) is 3.41. The fourth-order valence-corrected chi connectivity index (χ4v) is 0. The van der Waals surface area contributed by atoms with Crippen molar-refractivity contribution >= 4 is 17.4 Å². The average molecular weight is 215 g/mol. The molecule has 0 aromatic heterocycles. The van der Waals surface area contributed by atoms with Crippen LogP contribution in [-0.4, -0.2) is 35.6 Å². The molecule has 0 amide bonds. The Kier molecular flexibility index (Phi) is 42.9. The van der Waals surface area contributed by atoms with Gasteiger partial charge in [0.15, 0.2) is 0 Å². The van der Waals surface area contributed by atoms with Gasteiger partial charge in [0.2, 0.25) is 0 Å². The van der Waals surface area contributed by atoms with E-state index in [0.29, 0.717) is 6.54 Å². The smallest absolute Gasteiger partial charge is 1.00 e. The molecule has 3 N–H and O–H groups in total. The maximum absolute atomic E-state index is 7.75. The summed E-state index contributed by atoms with van der Waals surface area (Å²) in [4.78, 5) is 0. The Morgan fingerprint density at radius 2 is 1.67 bits per heavy atom. The van der Waals surface area contributed by atoms with Gasteiger partial charge in [0, 0.05) is 6.54 Å². The van der Waals surface area contributed by atoms with Crippen molar-refractivity contribution in [3.8, 4) is 0 Å². The van der Waals surface area contributed by atoms with Gasteiger partial charge in [-0.05, 0) is 0 Å². The molecule has 4 heteroatoms. The molecule has 0 heterocycles. The standard InChI is InChI=1S/C2H7NO.Al.HI/c3-1-2-4;;/h4H,1-3H2;;1H/q;+3;/p-1. The summed E-state index contributed by atoms with van der Waals surface area (Å²) >= 11 is 0. The maximum atomic E-state index is 7.75. The minimum Gasteiger partial charge on any atom is -1.00 e. The number of aliphatic hydroxyl groups excluding tert-OH is 1. The molecule has 6 heavy (non-hydrogen) atoms. The fourth-order valence-electron chi connectivity index (χ4n) is 0.